The first kappa shape index (κ1) is 24.9. The van der Waals surface area contributed by atoms with Crippen molar-refractivity contribution in [2.75, 3.05) is 19.8 Å². The van der Waals surface area contributed by atoms with E-state index in [0.29, 0.717) is 26.2 Å². The number of aryl methyl sites for hydroxylation is 1. The topological polar surface area (TPSA) is 89.3 Å². The predicted octanol–water partition coefficient (Wildman–Crippen LogP) is 3.80. The molecule has 1 atom stereocenters. The molecule has 0 bridgehead atoms. The Labute approximate surface area is 206 Å². The number of carbonyl (C=O) groups excluding carboxylic acids is 2. The molecule has 2 amide bonds. The molecule has 0 saturated heterocycles. The fourth-order valence-corrected chi connectivity index (χ4v) is 4.83. The number of aromatic nitrogens is 3. The summed E-state index contributed by atoms with van der Waals surface area (Å²) in [6.07, 6.45) is 4.84. The molecule has 1 heterocycles. The Kier molecular flexibility index (Phi) is 8.47. The molecule has 0 radical (unpaired) electrons. The third-order valence-corrected chi connectivity index (χ3v) is 6.66. The lowest BCUT2D eigenvalue weighted by Crippen LogP contribution is -2.47. The third kappa shape index (κ3) is 6.06. The molecular weight excluding hydrogens is 442 g/mol. The van der Waals surface area contributed by atoms with Crippen molar-refractivity contribution in [1.82, 2.24) is 25.2 Å². The van der Waals surface area contributed by atoms with Crippen molar-refractivity contribution >= 4 is 22.8 Å². The van der Waals surface area contributed by atoms with Crippen LogP contribution >= 0.6 is 0 Å². The van der Waals surface area contributed by atoms with E-state index in [-0.39, 0.29) is 24.4 Å². The smallest absolute Gasteiger partial charge is 0.247 e. The van der Waals surface area contributed by atoms with Gasteiger partial charge >= 0.3 is 0 Å². The number of hydrogen-bond acceptors (Lipinski definition) is 5. The zero-order valence-corrected chi connectivity index (χ0v) is 20.7. The molecule has 8 heteroatoms. The van der Waals surface area contributed by atoms with Gasteiger partial charge in [-0.05, 0) is 56.4 Å². The van der Waals surface area contributed by atoms with Gasteiger partial charge in [0.25, 0.3) is 0 Å². The molecular formula is C27H35N5O3. The Morgan fingerprint density at radius 1 is 1.14 bits per heavy atom. The second kappa shape index (κ2) is 11.9. The fourth-order valence-electron chi connectivity index (χ4n) is 4.83. The predicted molar refractivity (Wildman–Crippen MR) is 135 cm³/mol. The minimum atomic E-state index is -0.722. The Morgan fingerprint density at radius 3 is 2.66 bits per heavy atom. The minimum absolute atomic E-state index is 0.00817. The van der Waals surface area contributed by atoms with Crippen LogP contribution in [-0.2, 0) is 20.9 Å². The van der Waals surface area contributed by atoms with E-state index in [1.807, 2.05) is 62.4 Å². The number of ether oxygens (including phenoxy) is 1. The van der Waals surface area contributed by atoms with Gasteiger partial charge in [0.05, 0.1) is 5.52 Å². The lowest BCUT2D eigenvalue weighted by atomic mass is 9.98. The number of amides is 2. The lowest BCUT2D eigenvalue weighted by Gasteiger charge is -2.33. The van der Waals surface area contributed by atoms with Gasteiger partial charge in [-0.25, -0.2) is 4.68 Å². The van der Waals surface area contributed by atoms with Crippen molar-refractivity contribution in [2.45, 2.75) is 64.6 Å². The van der Waals surface area contributed by atoms with E-state index in [4.69, 9.17) is 4.74 Å². The van der Waals surface area contributed by atoms with Gasteiger partial charge in [0.2, 0.25) is 11.8 Å². The van der Waals surface area contributed by atoms with Gasteiger partial charge in [-0.1, -0.05) is 54.5 Å². The van der Waals surface area contributed by atoms with E-state index >= 15 is 0 Å². The quantitative estimate of drug-likeness (QED) is 0.425. The van der Waals surface area contributed by atoms with Crippen LogP contribution in [0.25, 0.3) is 11.0 Å². The van der Waals surface area contributed by atoms with Crippen LogP contribution in [0.3, 0.4) is 0 Å². The molecule has 1 aromatic heterocycles. The highest BCUT2D eigenvalue weighted by Gasteiger charge is 2.34. The molecule has 1 unspecified atom stereocenters. The van der Waals surface area contributed by atoms with Crippen molar-refractivity contribution in [1.29, 1.82) is 0 Å². The van der Waals surface area contributed by atoms with E-state index in [1.165, 1.54) is 0 Å². The number of carbonyl (C=O) groups is 2. The molecule has 1 N–H and O–H groups in total. The van der Waals surface area contributed by atoms with Gasteiger partial charge in [-0.2, -0.15) is 0 Å². The summed E-state index contributed by atoms with van der Waals surface area (Å²) in [5.41, 5.74) is 3.35. The van der Waals surface area contributed by atoms with Crippen molar-refractivity contribution in [3.05, 3.63) is 59.7 Å². The van der Waals surface area contributed by atoms with Crippen LogP contribution in [0.4, 0.5) is 0 Å². The molecule has 4 rings (SSSR count). The average Bonchev–Trinajstić information content (AvgIpc) is 3.52. The van der Waals surface area contributed by atoms with Crippen LogP contribution in [0.5, 0.6) is 0 Å². The van der Waals surface area contributed by atoms with E-state index < -0.39 is 6.04 Å². The SMILES string of the molecule is CCOCCCN(C(=O)Cn1nnc2ccccc21)C(C(=O)NC1CCCC1)c1ccccc1C. The summed E-state index contributed by atoms with van der Waals surface area (Å²) >= 11 is 0. The van der Waals surface area contributed by atoms with Crippen LogP contribution in [-0.4, -0.2) is 57.5 Å². The molecule has 1 saturated carbocycles. The van der Waals surface area contributed by atoms with Crippen LogP contribution in [0.2, 0.25) is 0 Å². The summed E-state index contributed by atoms with van der Waals surface area (Å²) in [6, 6.07) is 14.8. The maximum Gasteiger partial charge on any atom is 0.247 e. The Morgan fingerprint density at radius 2 is 1.89 bits per heavy atom. The summed E-state index contributed by atoms with van der Waals surface area (Å²) in [6.45, 7) is 5.49. The summed E-state index contributed by atoms with van der Waals surface area (Å²) in [5.74, 6) is -0.300. The van der Waals surface area contributed by atoms with Crippen LogP contribution < -0.4 is 5.32 Å². The molecule has 0 spiro atoms. The lowest BCUT2D eigenvalue weighted by molar-refractivity contribution is -0.142. The molecule has 35 heavy (non-hydrogen) atoms. The molecule has 3 aromatic rings. The minimum Gasteiger partial charge on any atom is -0.382 e. The molecule has 2 aromatic carbocycles. The van der Waals surface area contributed by atoms with E-state index in [9.17, 15) is 9.59 Å². The van der Waals surface area contributed by atoms with Crippen LogP contribution in [0, 0.1) is 6.92 Å². The first-order chi connectivity index (χ1) is 17.1. The summed E-state index contributed by atoms with van der Waals surface area (Å²) < 4.78 is 7.15. The number of rotatable bonds is 11. The normalized spacial score (nSPS) is 14.8. The average molecular weight is 478 g/mol. The highest BCUT2D eigenvalue weighted by Crippen LogP contribution is 2.27. The fraction of sp³-hybridized carbons (Fsp3) is 0.481. The third-order valence-electron chi connectivity index (χ3n) is 6.66. The molecule has 8 nitrogen and oxygen atoms in total. The van der Waals surface area contributed by atoms with E-state index in [0.717, 1.165) is 47.8 Å². The molecule has 1 aliphatic rings. The van der Waals surface area contributed by atoms with Gasteiger partial charge < -0.3 is 15.0 Å². The molecule has 1 fully saturated rings. The van der Waals surface area contributed by atoms with Gasteiger partial charge in [-0.3, -0.25) is 9.59 Å². The maximum atomic E-state index is 13.8. The van der Waals surface area contributed by atoms with E-state index in [1.54, 1.807) is 9.58 Å². The highest BCUT2D eigenvalue weighted by atomic mass is 16.5. The van der Waals surface area contributed by atoms with Gasteiger partial charge in [0.15, 0.2) is 0 Å². The summed E-state index contributed by atoms with van der Waals surface area (Å²) in [5, 5.41) is 11.6. The summed E-state index contributed by atoms with van der Waals surface area (Å²) in [4.78, 5) is 29.2. The van der Waals surface area contributed by atoms with Gasteiger partial charge in [-0.15, -0.1) is 5.10 Å². The van der Waals surface area contributed by atoms with Crippen molar-refractivity contribution in [3.63, 3.8) is 0 Å². The standard InChI is InChI=1S/C27H35N5O3/c1-3-35-18-10-17-31(25(33)19-32-24-16-9-8-15-23(24)29-30-32)26(22-14-7-4-11-20(22)2)27(34)28-21-12-5-6-13-21/h4,7-9,11,14-16,21,26H,3,5-6,10,12-13,17-19H2,1-2H3,(H,28,34). The second-order valence-corrected chi connectivity index (χ2v) is 9.12. The Bertz CT molecular complexity index is 1140. The Balaban J connectivity index is 1.65. The first-order valence-electron chi connectivity index (χ1n) is 12.6. The first-order valence-corrected chi connectivity index (χ1v) is 12.6. The number of benzene rings is 2. The Hall–Kier alpha value is -3.26. The van der Waals surface area contributed by atoms with Crippen molar-refractivity contribution in [3.8, 4) is 0 Å². The number of fused-ring (bicyclic) bond motifs is 1. The number of hydrogen-bond donors (Lipinski definition) is 1. The highest BCUT2D eigenvalue weighted by molar-refractivity contribution is 5.89. The maximum absolute atomic E-state index is 13.8. The number of para-hydroxylation sites is 1. The van der Waals surface area contributed by atoms with Gasteiger partial charge in [0, 0.05) is 25.8 Å². The molecule has 0 aliphatic heterocycles. The van der Waals surface area contributed by atoms with Crippen LogP contribution in [0.1, 0.15) is 56.2 Å². The molecule has 1 aliphatic carbocycles. The number of nitrogens with zero attached hydrogens (tertiary/aromatic N) is 4. The number of nitrogens with one attached hydrogen (secondary N) is 1. The van der Waals surface area contributed by atoms with Gasteiger partial charge in [0.1, 0.15) is 18.1 Å². The summed E-state index contributed by atoms with van der Waals surface area (Å²) in [7, 11) is 0. The zero-order chi connectivity index (χ0) is 24.6. The zero-order valence-electron chi connectivity index (χ0n) is 20.7. The second-order valence-electron chi connectivity index (χ2n) is 9.12. The van der Waals surface area contributed by atoms with E-state index in [2.05, 4.69) is 15.6 Å². The van der Waals surface area contributed by atoms with Crippen molar-refractivity contribution < 1.29 is 14.3 Å². The monoisotopic (exact) mass is 477 g/mol. The molecule has 186 valence electrons. The van der Waals surface area contributed by atoms with Crippen molar-refractivity contribution in [2.24, 2.45) is 0 Å². The van der Waals surface area contributed by atoms with Crippen LogP contribution in [0.15, 0.2) is 48.5 Å². The largest absolute Gasteiger partial charge is 0.382 e.